The normalized spacial score (nSPS) is 16.7. The molecule has 26 heavy (non-hydrogen) atoms. The minimum absolute atomic E-state index is 0.0643. The standard InChI is InChI=1S/C15H16F3N3O3S2/c1-11-10-19-14(25-11)20-6-8-21(9-7-20)26(22,23)13-4-2-12(3-5-13)24-15(16,17)18/h2-5,10H,6-9H2,1H3. The van der Waals surface area contributed by atoms with E-state index in [-0.39, 0.29) is 18.0 Å². The number of piperazine rings is 1. The third-order valence-electron chi connectivity index (χ3n) is 3.81. The molecule has 0 bridgehead atoms. The van der Waals surface area contributed by atoms with Gasteiger partial charge in [-0.3, -0.25) is 0 Å². The summed E-state index contributed by atoms with van der Waals surface area (Å²) in [6.07, 6.45) is -3.04. The van der Waals surface area contributed by atoms with E-state index in [0.29, 0.717) is 13.1 Å². The van der Waals surface area contributed by atoms with Crippen LogP contribution in [0.5, 0.6) is 5.75 Å². The van der Waals surface area contributed by atoms with Gasteiger partial charge in [0, 0.05) is 37.3 Å². The highest BCUT2D eigenvalue weighted by molar-refractivity contribution is 7.89. The fourth-order valence-corrected chi connectivity index (χ4v) is 4.80. The van der Waals surface area contributed by atoms with Gasteiger partial charge in [-0.25, -0.2) is 13.4 Å². The Bertz CT molecular complexity index is 858. The highest BCUT2D eigenvalue weighted by Crippen LogP contribution is 2.27. The van der Waals surface area contributed by atoms with Crippen LogP contribution in [0.15, 0.2) is 35.4 Å². The first-order valence-corrected chi connectivity index (χ1v) is 9.94. The number of thiazole rings is 1. The van der Waals surface area contributed by atoms with Gasteiger partial charge >= 0.3 is 6.36 Å². The lowest BCUT2D eigenvalue weighted by Gasteiger charge is -2.33. The molecule has 0 radical (unpaired) electrons. The number of ether oxygens (including phenoxy) is 1. The number of sulfonamides is 1. The number of halogens is 3. The van der Waals surface area contributed by atoms with Crippen molar-refractivity contribution in [1.82, 2.24) is 9.29 Å². The van der Waals surface area contributed by atoms with Crippen molar-refractivity contribution in [1.29, 1.82) is 0 Å². The van der Waals surface area contributed by atoms with Crippen LogP contribution in [0.4, 0.5) is 18.3 Å². The maximum Gasteiger partial charge on any atom is 0.573 e. The van der Waals surface area contributed by atoms with E-state index >= 15 is 0 Å². The lowest BCUT2D eigenvalue weighted by molar-refractivity contribution is -0.274. The SMILES string of the molecule is Cc1cnc(N2CCN(S(=O)(=O)c3ccc(OC(F)(F)F)cc3)CC2)s1. The quantitative estimate of drug-likeness (QED) is 0.780. The third kappa shape index (κ3) is 4.27. The maximum atomic E-state index is 12.7. The van der Waals surface area contributed by atoms with Gasteiger partial charge in [0.05, 0.1) is 4.90 Å². The van der Waals surface area contributed by atoms with Gasteiger partial charge in [0.2, 0.25) is 10.0 Å². The summed E-state index contributed by atoms with van der Waals surface area (Å²) in [5, 5.41) is 0.855. The molecule has 1 aromatic heterocycles. The molecule has 2 heterocycles. The van der Waals surface area contributed by atoms with Crippen molar-refractivity contribution in [3.8, 4) is 5.75 Å². The molecule has 1 aliphatic rings. The molecular weight excluding hydrogens is 391 g/mol. The molecule has 11 heteroatoms. The number of hydrogen-bond acceptors (Lipinski definition) is 6. The van der Waals surface area contributed by atoms with Crippen molar-refractivity contribution in [2.75, 3.05) is 31.1 Å². The molecule has 0 amide bonds. The Morgan fingerprint density at radius 1 is 1.12 bits per heavy atom. The Hall–Kier alpha value is -1.85. The van der Waals surface area contributed by atoms with E-state index < -0.39 is 22.1 Å². The van der Waals surface area contributed by atoms with Crippen molar-refractivity contribution in [2.45, 2.75) is 18.2 Å². The van der Waals surface area contributed by atoms with E-state index in [1.54, 1.807) is 17.5 Å². The van der Waals surface area contributed by atoms with E-state index in [0.717, 1.165) is 34.3 Å². The average Bonchev–Trinajstić information content (AvgIpc) is 3.00. The number of nitrogens with zero attached hydrogens (tertiary/aromatic N) is 3. The molecule has 2 aromatic rings. The van der Waals surface area contributed by atoms with E-state index in [4.69, 9.17) is 0 Å². The van der Waals surface area contributed by atoms with Crippen LogP contribution in [0, 0.1) is 6.92 Å². The summed E-state index contributed by atoms with van der Waals surface area (Å²) in [7, 11) is -3.77. The molecule has 1 aliphatic heterocycles. The van der Waals surface area contributed by atoms with Gasteiger partial charge in [0.15, 0.2) is 5.13 Å². The van der Waals surface area contributed by atoms with Gasteiger partial charge in [0.25, 0.3) is 0 Å². The number of aryl methyl sites for hydroxylation is 1. The first kappa shape index (κ1) is 18.9. The summed E-state index contributed by atoms with van der Waals surface area (Å²) in [6, 6.07) is 4.23. The van der Waals surface area contributed by atoms with Crippen molar-refractivity contribution >= 4 is 26.5 Å². The van der Waals surface area contributed by atoms with Gasteiger partial charge in [-0.2, -0.15) is 4.31 Å². The maximum absolute atomic E-state index is 12.7. The Labute approximate surface area is 152 Å². The molecule has 0 unspecified atom stereocenters. The van der Waals surface area contributed by atoms with Crippen LogP contribution in [-0.2, 0) is 10.0 Å². The number of aromatic nitrogens is 1. The largest absolute Gasteiger partial charge is 0.573 e. The molecular formula is C15H16F3N3O3S2. The van der Waals surface area contributed by atoms with Crippen LogP contribution in [0.2, 0.25) is 0 Å². The van der Waals surface area contributed by atoms with Crippen LogP contribution in [0.1, 0.15) is 4.88 Å². The van der Waals surface area contributed by atoms with E-state index in [2.05, 4.69) is 9.72 Å². The zero-order chi connectivity index (χ0) is 18.9. The summed E-state index contributed by atoms with van der Waals surface area (Å²) in [5.74, 6) is -0.458. The molecule has 142 valence electrons. The molecule has 1 fully saturated rings. The molecule has 3 rings (SSSR count). The van der Waals surface area contributed by atoms with Gasteiger partial charge in [0.1, 0.15) is 5.75 Å². The summed E-state index contributed by atoms with van der Waals surface area (Å²) < 4.78 is 67.0. The fraction of sp³-hybridized carbons (Fsp3) is 0.400. The summed E-state index contributed by atoms with van der Waals surface area (Å²) in [5.41, 5.74) is 0. The zero-order valence-electron chi connectivity index (χ0n) is 13.7. The average molecular weight is 407 g/mol. The number of benzene rings is 1. The monoisotopic (exact) mass is 407 g/mol. The minimum Gasteiger partial charge on any atom is -0.406 e. The topological polar surface area (TPSA) is 62.7 Å². The van der Waals surface area contributed by atoms with E-state index in [9.17, 15) is 21.6 Å². The molecule has 0 N–H and O–H groups in total. The Balaban J connectivity index is 1.67. The molecule has 0 atom stereocenters. The zero-order valence-corrected chi connectivity index (χ0v) is 15.4. The van der Waals surface area contributed by atoms with Gasteiger partial charge in [-0.15, -0.1) is 24.5 Å². The smallest absolute Gasteiger partial charge is 0.406 e. The van der Waals surface area contributed by atoms with Crippen LogP contribution < -0.4 is 9.64 Å². The number of anilines is 1. The Morgan fingerprint density at radius 3 is 2.23 bits per heavy atom. The Kier molecular flexibility index (Phi) is 5.13. The minimum atomic E-state index is -4.81. The van der Waals surface area contributed by atoms with Crippen molar-refractivity contribution in [2.24, 2.45) is 0 Å². The first-order chi connectivity index (χ1) is 12.1. The van der Waals surface area contributed by atoms with E-state index in [1.807, 2.05) is 11.8 Å². The highest BCUT2D eigenvalue weighted by Gasteiger charge is 2.32. The highest BCUT2D eigenvalue weighted by atomic mass is 32.2. The van der Waals surface area contributed by atoms with Crippen molar-refractivity contribution in [3.63, 3.8) is 0 Å². The molecule has 1 aromatic carbocycles. The number of alkyl halides is 3. The summed E-state index contributed by atoms with van der Waals surface area (Å²) >= 11 is 1.55. The summed E-state index contributed by atoms with van der Waals surface area (Å²) in [6.45, 7) is 3.51. The van der Waals surface area contributed by atoms with Crippen LogP contribution >= 0.6 is 11.3 Å². The lowest BCUT2D eigenvalue weighted by atomic mass is 10.3. The molecule has 1 saturated heterocycles. The second-order valence-corrected chi connectivity index (χ2v) is 8.81. The molecule has 0 aliphatic carbocycles. The predicted octanol–water partition coefficient (Wildman–Crippen LogP) is 2.86. The number of rotatable bonds is 4. The van der Waals surface area contributed by atoms with Gasteiger partial charge < -0.3 is 9.64 Å². The molecule has 0 saturated carbocycles. The van der Waals surface area contributed by atoms with Crippen LogP contribution in [0.25, 0.3) is 0 Å². The van der Waals surface area contributed by atoms with Gasteiger partial charge in [-0.05, 0) is 31.2 Å². The van der Waals surface area contributed by atoms with Crippen molar-refractivity contribution < 1.29 is 26.3 Å². The Morgan fingerprint density at radius 2 is 1.73 bits per heavy atom. The molecule has 0 spiro atoms. The predicted molar refractivity (Wildman–Crippen MR) is 90.9 cm³/mol. The first-order valence-electron chi connectivity index (χ1n) is 7.68. The van der Waals surface area contributed by atoms with Gasteiger partial charge in [-0.1, -0.05) is 0 Å². The third-order valence-corrected chi connectivity index (χ3v) is 6.70. The molecule has 6 nitrogen and oxygen atoms in total. The number of hydrogen-bond donors (Lipinski definition) is 0. The summed E-state index contributed by atoms with van der Waals surface area (Å²) in [4.78, 5) is 7.33. The van der Waals surface area contributed by atoms with E-state index in [1.165, 1.54) is 4.31 Å². The van der Waals surface area contributed by atoms with Crippen LogP contribution in [-0.4, -0.2) is 50.2 Å². The second-order valence-electron chi connectivity index (χ2n) is 5.66. The fourth-order valence-electron chi connectivity index (χ4n) is 2.57. The lowest BCUT2D eigenvalue weighted by Crippen LogP contribution is -2.48. The van der Waals surface area contributed by atoms with Crippen molar-refractivity contribution in [3.05, 3.63) is 35.3 Å². The second kappa shape index (κ2) is 7.05. The van der Waals surface area contributed by atoms with Crippen LogP contribution in [0.3, 0.4) is 0 Å².